The van der Waals surface area contributed by atoms with Gasteiger partial charge in [0.1, 0.15) is 12.7 Å². The largest absolute Gasteiger partial charge is 0.472 e. The van der Waals surface area contributed by atoms with Crippen LogP contribution in [-0.2, 0) is 32.7 Å². The number of hydrogen-bond donors (Lipinski definition) is 3. The van der Waals surface area contributed by atoms with Gasteiger partial charge in [-0.2, -0.15) is 0 Å². The van der Waals surface area contributed by atoms with Crippen molar-refractivity contribution in [3.05, 3.63) is 0 Å². The first-order valence-electron chi connectivity index (χ1n) is 13.5. The first kappa shape index (κ1) is 35.0. The normalized spacial score (nSPS) is 14.7. The quantitative estimate of drug-likeness (QED) is 0.0836. The van der Waals surface area contributed by atoms with Crippen molar-refractivity contribution in [2.75, 3.05) is 26.4 Å². The van der Waals surface area contributed by atoms with Crippen LogP contribution < -0.4 is 0 Å². The molecule has 0 saturated heterocycles. The zero-order valence-corrected chi connectivity index (χ0v) is 23.1. The number of hydrogen-bond acceptors (Lipinski definition) is 9. The molecule has 0 amide bonds. The van der Waals surface area contributed by atoms with E-state index in [4.69, 9.17) is 19.1 Å². The Hall–Kier alpha value is -1.03. The van der Waals surface area contributed by atoms with Crippen LogP contribution in [0.15, 0.2) is 0 Å². The van der Waals surface area contributed by atoms with Gasteiger partial charge in [0, 0.05) is 12.8 Å². The second-order valence-corrected chi connectivity index (χ2v) is 10.5. The molecule has 0 saturated carbocycles. The number of ether oxygens (including phenoxy) is 2. The summed E-state index contributed by atoms with van der Waals surface area (Å²) in [4.78, 5) is 34.1. The van der Waals surface area contributed by atoms with Crippen molar-refractivity contribution in [2.45, 2.75) is 122 Å². The van der Waals surface area contributed by atoms with Crippen LogP contribution in [0.5, 0.6) is 0 Å². The molecule has 0 aliphatic rings. The first-order valence-corrected chi connectivity index (χ1v) is 15.0. The summed E-state index contributed by atoms with van der Waals surface area (Å²) in [6.45, 7) is 2.19. The standard InChI is InChI=1S/C25H49O10P/c1-3-5-7-9-10-11-13-15-17-25(29)35-23(20-32-24(28)16-14-12-8-6-4-2)21-34-36(30,31)33-19-22(27)18-26/h22-23,26-27H,3-21H2,1-2H3,(H,30,31)/t22-,23+/m0/s1. The summed E-state index contributed by atoms with van der Waals surface area (Å²) >= 11 is 0. The van der Waals surface area contributed by atoms with E-state index < -0.39 is 51.8 Å². The zero-order chi connectivity index (χ0) is 27.1. The van der Waals surface area contributed by atoms with Crippen molar-refractivity contribution in [1.29, 1.82) is 0 Å². The highest BCUT2D eigenvalue weighted by molar-refractivity contribution is 7.47. The van der Waals surface area contributed by atoms with Gasteiger partial charge in [0.25, 0.3) is 0 Å². The number of carbonyl (C=O) groups is 2. The van der Waals surface area contributed by atoms with Gasteiger partial charge < -0.3 is 24.6 Å². The van der Waals surface area contributed by atoms with Crippen LogP contribution in [-0.4, -0.2) is 65.7 Å². The number of aliphatic hydroxyl groups is 2. The SMILES string of the molecule is CCCCCCCCCCC(=O)O[C@H](COC(=O)CCCCCCC)COP(=O)(O)OC[C@@H](O)CO. The van der Waals surface area contributed by atoms with Gasteiger partial charge in [-0.3, -0.25) is 18.6 Å². The monoisotopic (exact) mass is 540 g/mol. The molecule has 0 aliphatic carbocycles. The fourth-order valence-electron chi connectivity index (χ4n) is 3.34. The molecule has 11 heteroatoms. The van der Waals surface area contributed by atoms with Crippen molar-refractivity contribution >= 4 is 19.8 Å². The molecule has 214 valence electrons. The fraction of sp³-hybridized carbons (Fsp3) is 0.920. The van der Waals surface area contributed by atoms with Gasteiger partial charge in [-0.05, 0) is 12.8 Å². The smallest absolute Gasteiger partial charge is 0.462 e. The Kier molecular flexibility index (Phi) is 22.5. The van der Waals surface area contributed by atoms with Crippen LogP contribution in [0.1, 0.15) is 110 Å². The van der Waals surface area contributed by atoms with Gasteiger partial charge in [-0.15, -0.1) is 0 Å². The summed E-state index contributed by atoms with van der Waals surface area (Å²) in [5.41, 5.74) is 0. The molecule has 0 radical (unpaired) electrons. The zero-order valence-electron chi connectivity index (χ0n) is 22.2. The van der Waals surface area contributed by atoms with Gasteiger partial charge in [-0.1, -0.05) is 84.5 Å². The minimum atomic E-state index is -4.58. The van der Waals surface area contributed by atoms with Crippen LogP contribution in [0.4, 0.5) is 0 Å². The van der Waals surface area contributed by atoms with Gasteiger partial charge in [0.2, 0.25) is 0 Å². The third-order valence-electron chi connectivity index (χ3n) is 5.51. The lowest BCUT2D eigenvalue weighted by Gasteiger charge is -2.20. The Balaban J connectivity index is 4.54. The molecule has 0 aromatic carbocycles. The molecule has 0 rings (SSSR count). The van der Waals surface area contributed by atoms with E-state index in [2.05, 4.69) is 18.4 Å². The number of carbonyl (C=O) groups excluding carboxylic acids is 2. The number of aliphatic hydroxyl groups excluding tert-OH is 2. The van der Waals surface area contributed by atoms with E-state index in [0.29, 0.717) is 12.8 Å². The highest BCUT2D eigenvalue weighted by atomic mass is 31.2. The second kappa shape index (κ2) is 23.1. The van der Waals surface area contributed by atoms with Crippen molar-refractivity contribution in [3.63, 3.8) is 0 Å². The van der Waals surface area contributed by atoms with E-state index in [-0.39, 0.29) is 19.4 Å². The van der Waals surface area contributed by atoms with Crippen LogP contribution in [0, 0.1) is 0 Å². The average Bonchev–Trinajstić information content (AvgIpc) is 2.85. The predicted molar refractivity (Wildman–Crippen MR) is 136 cm³/mol. The molecule has 0 bridgehead atoms. The van der Waals surface area contributed by atoms with E-state index in [1.807, 2.05) is 0 Å². The van der Waals surface area contributed by atoms with E-state index in [9.17, 15) is 24.2 Å². The molecule has 0 spiro atoms. The second-order valence-electron chi connectivity index (χ2n) is 9.08. The number of esters is 2. The van der Waals surface area contributed by atoms with Crippen molar-refractivity contribution in [2.24, 2.45) is 0 Å². The highest BCUT2D eigenvalue weighted by Gasteiger charge is 2.27. The van der Waals surface area contributed by atoms with Crippen LogP contribution in [0.25, 0.3) is 0 Å². The minimum Gasteiger partial charge on any atom is -0.462 e. The van der Waals surface area contributed by atoms with E-state index in [1.54, 1.807) is 0 Å². The van der Waals surface area contributed by atoms with Crippen molar-refractivity contribution in [1.82, 2.24) is 0 Å². The van der Waals surface area contributed by atoms with Crippen LogP contribution in [0.2, 0.25) is 0 Å². The van der Waals surface area contributed by atoms with E-state index >= 15 is 0 Å². The van der Waals surface area contributed by atoms with Gasteiger partial charge in [0.05, 0.1) is 19.8 Å². The molecule has 3 N–H and O–H groups in total. The van der Waals surface area contributed by atoms with Crippen molar-refractivity contribution in [3.8, 4) is 0 Å². The Labute approximate surface area is 216 Å². The summed E-state index contributed by atoms with van der Waals surface area (Å²) in [6.07, 6.45) is 11.5. The topological polar surface area (TPSA) is 149 Å². The van der Waals surface area contributed by atoms with Gasteiger partial charge in [0.15, 0.2) is 6.10 Å². The maximum atomic E-state index is 12.3. The maximum Gasteiger partial charge on any atom is 0.472 e. The summed E-state index contributed by atoms with van der Waals surface area (Å²) in [7, 11) is -4.58. The molecular formula is C25H49O10P. The molecule has 0 aromatic rings. The predicted octanol–water partition coefficient (Wildman–Crippen LogP) is 4.82. The molecule has 3 atom stereocenters. The Morgan fingerprint density at radius 3 is 1.72 bits per heavy atom. The third kappa shape index (κ3) is 22.2. The lowest BCUT2D eigenvalue weighted by Crippen LogP contribution is -2.29. The lowest BCUT2D eigenvalue weighted by atomic mass is 10.1. The maximum absolute atomic E-state index is 12.3. The number of phosphoric acid groups is 1. The number of unbranched alkanes of at least 4 members (excludes halogenated alkanes) is 11. The summed E-state index contributed by atoms with van der Waals surface area (Å²) < 4.78 is 32.0. The van der Waals surface area contributed by atoms with Crippen LogP contribution >= 0.6 is 7.82 Å². The average molecular weight is 541 g/mol. The third-order valence-corrected chi connectivity index (χ3v) is 6.46. The molecule has 0 fully saturated rings. The molecule has 0 heterocycles. The minimum absolute atomic E-state index is 0.187. The van der Waals surface area contributed by atoms with Crippen LogP contribution in [0.3, 0.4) is 0 Å². The molecule has 1 unspecified atom stereocenters. The molecular weight excluding hydrogens is 491 g/mol. The first-order chi connectivity index (χ1) is 17.2. The van der Waals surface area contributed by atoms with Crippen molar-refractivity contribution < 1.29 is 47.8 Å². The fourth-order valence-corrected chi connectivity index (χ4v) is 4.13. The highest BCUT2D eigenvalue weighted by Crippen LogP contribution is 2.43. The number of phosphoric ester groups is 1. The Morgan fingerprint density at radius 2 is 1.19 bits per heavy atom. The summed E-state index contributed by atoms with van der Waals surface area (Å²) in [6, 6.07) is 0. The molecule has 0 aliphatic heterocycles. The summed E-state index contributed by atoms with van der Waals surface area (Å²) in [5, 5.41) is 18.0. The number of rotatable bonds is 25. The van der Waals surface area contributed by atoms with Gasteiger partial charge >= 0.3 is 19.8 Å². The van der Waals surface area contributed by atoms with E-state index in [1.165, 1.54) is 25.7 Å². The lowest BCUT2D eigenvalue weighted by molar-refractivity contribution is -0.161. The molecule has 0 aromatic heterocycles. The van der Waals surface area contributed by atoms with E-state index in [0.717, 1.165) is 44.9 Å². The molecule has 10 nitrogen and oxygen atoms in total. The summed E-state index contributed by atoms with van der Waals surface area (Å²) in [5.74, 6) is -0.945. The molecule has 36 heavy (non-hydrogen) atoms. The van der Waals surface area contributed by atoms with Gasteiger partial charge in [-0.25, -0.2) is 4.57 Å². The Bertz CT molecular complexity index is 601. The Morgan fingerprint density at radius 1 is 0.722 bits per heavy atom.